The van der Waals surface area contributed by atoms with Crippen molar-refractivity contribution in [3.8, 4) is 5.88 Å². The quantitative estimate of drug-likeness (QED) is 0.870. The minimum atomic E-state index is 0.524. The van der Waals surface area contributed by atoms with Gasteiger partial charge >= 0.3 is 0 Å². The molecule has 5 nitrogen and oxygen atoms in total. The lowest BCUT2D eigenvalue weighted by atomic mass is 10.2. The Balaban J connectivity index is 2.20. The van der Waals surface area contributed by atoms with Crippen LogP contribution in [0.3, 0.4) is 0 Å². The minimum Gasteiger partial charge on any atom is -0.481 e. The average Bonchev–Trinajstić information content (AvgIpc) is 2.43. The summed E-state index contributed by atoms with van der Waals surface area (Å²) in [5, 5.41) is 0.682. The third kappa shape index (κ3) is 3.26. The molecule has 6 heteroatoms. The number of halogens is 1. The van der Waals surface area contributed by atoms with Gasteiger partial charge in [0.1, 0.15) is 12.1 Å². The minimum absolute atomic E-state index is 0.524. The number of hydrogen-bond acceptors (Lipinski definition) is 5. The van der Waals surface area contributed by atoms with Crippen molar-refractivity contribution in [2.45, 2.75) is 6.54 Å². The van der Waals surface area contributed by atoms with Crippen LogP contribution in [0.4, 0.5) is 11.5 Å². The number of hydrogen-bond donors (Lipinski definition) is 1. The van der Waals surface area contributed by atoms with Gasteiger partial charge in [0.2, 0.25) is 5.88 Å². The summed E-state index contributed by atoms with van der Waals surface area (Å²) in [5.41, 5.74) is 7.40. The SMILES string of the molecule is COc1cc(N(C)Cc2cc(N)ccc2Cl)ncn1. The molecule has 2 aromatic rings. The fraction of sp³-hybridized carbons (Fsp3) is 0.231. The molecule has 0 fully saturated rings. The predicted molar refractivity (Wildman–Crippen MR) is 76.6 cm³/mol. The van der Waals surface area contributed by atoms with E-state index in [-0.39, 0.29) is 0 Å². The Bertz CT molecular complexity index is 576. The van der Waals surface area contributed by atoms with Crippen LogP contribution in [0.5, 0.6) is 5.88 Å². The van der Waals surface area contributed by atoms with Crippen molar-refractivity contribution in [2.75, 3.05) is 24.8 Å². The summed E-state index contributed by atoms with van der Waals surface area (Å²) in [6.45, 7) is 0.601. The maximum Gasteiger partial charge on any atom is 0.218 e. The molecule has 0 saturated heterocycles. The number of anilines is 2. The first-order valence-corrected chi connectivity index (χ1v) is 6.09. The van der Waals surface area contributed by atoms with Gasteiger partial charge in [-0.15, -0.1) is 0 Å². The molecule has 0 radical (unpaired) electrons. The molecular weight excluding hydrogens is 264 g/mol. The zero-order valence-electron chi connectivity index (χ0n) is 10.8. The van der Waals surface area contributed by atoms with Crippen molar-refractivity contribution >= 4 is 23.1 Å². The van der Waals surface area contributed by atoms with Crippen LogP contribution >= 0.6 is 11.6 Å². The van der Waals surface area contributed by atoms with E-state index in [1.807, 2.05) is 18.0 Å². The lowest BCUT2D eigenvalue weighted by Gasteiger charge is -2.19. The number of nitrogens with two attached hydrogens (primary N) is 1. The van der Waals surface area contributed by atoms with Gasteiger partial charge in [-0.2, -0.15) is 0 Å². The Kier molecular flexibility index (Phi) is 4.06. The molecule has 0 atom stereocenters. The summed E-state index contributed by atoms with van der Waals surface area (Å²) < 4.78 is 5.07. The molecular formula is C13H15ClN4O. The fourth-order valence-electron chi connectivity index (χ4n) is 1.70. The zero-order chi connectivity index (χ0) is 13.8. The number of aromatic nitrogens is 2. The summed E-state index contributed by atoms with van der Waals surface area (Å²) in [6.07, 6.45) is 1.46. The Morgan fingerprint density at radius 3 is 2.84 bits per heavy atom. The molecule has 0 aliphatic heterocycles. The molecule has 0 amide bonds. The molecule has 1 aromatic heterocycles. The Hall–Kier alpha value is -2.01. The first-order chi connectivity index (χ1) is 9.10. The molecule has 1 heterocycles. The maximum atomic E-state index is 6.15. The molecule has 0 unspecified atom stereocenters. The van der Waals surface area contributed by atoms with Gasteiger partial charge in [-0.05, 0) is 23.8 Å². The standard InChI is InChI=1S/C13H15ClN4O/c1-18(12-6-13(19-2)17-8-16-12)7-9-5-10(15)3-4-11(9)14/h3-6,8H,7,15H2,1-2H3. The Morgan fingerprint density at radius 1 is 1.32 bits per heavy atom. The van der Waals surface area contributed by atoms with Gasteiger partial charge < -0.3 is 15.4 Å². The topological polar surface area (TPSA) is 64.3 Å². The van der Waals surface area contributed by atoms with Crippen LogP contribution in [0.1, 0.15) is 5.56 Å². The van der Waals surface area contributed by atoms with E-state index >= 15 is 0 Å². The van der Waals surface area contributed by atoms with Crippen LogP contribution in [-0.2, 0) is 6.54 Å². The maximum absolute atomic E-state index is 6.15. The summed E-state index contributed by atoms with van der Waals surface area (Å²) in [6, 6.07) is 7.19. The van der Waals surface area contributed by atoms with E-state index < -0.39 is 0 Å². The normalized spacial score (nSPS) is 10.3. The number of ether oxygens (including phenoxy) is 1. The summed E-state index contributed by atoms with van der Waals surface area (Å²) >= 11 is 6.15. The van der Waals surface area contributed by atoms with E-state index in [0.29, 0.717) is 23.1 Å². The number of methoxy groups -OCH3 is 1. The van der Waals surface area contributed by atoms with E-state index in [1.54, 1.807) is 25.3 Å². The summed E-state index contributed by atoms with van der Waals surface area (Å²) in [5.74, 6) is 1.28. The Morgan fingerprint density at radius 2 is 2.11 bits per heavy atom. The second kappa shape index (κ2) is 5.75. The summed E-state index contributed by atoms with van der Waals surface area (Å²) in [4.78, 5) is 10.1. The highest BCUT2D eigenvalue weighted by Crippen LogP contribution is 2.22. The van der Waals surface area contributed by atoms with Gasteiger partial charge in [-0.25, -0.2) is 9.97 Å². The monoisotopic (exact) mass is 278 g/mol. The van der Waals surface area contributed by atoms with Crippen molar-refractivity contribution in [1.29, 1.82) is 0 Å². The van der Waals surface area contributed by atoms with Gasteiger partial charge in [0.25, 0.3) is 0 Å². The molecule has 1 aromatic carbocycles. The zero-order valence-corrected chi connectivity index (χ0v) is 11.6. The lowest BCUT2D eigenvalue weighted by Crippen LogP contribution is -2.18. The van der Waals surface area contributed by atoms with Crippen molar-refractivity contribution in [3.63, 3.8) is 0 Å². The van der Waals surface area contributed by atoms with E-state index in [0.717, 1.165) is 11.4 Å². The molecule has 0 spiro atoms. The van der Waals surface area contributed by atoms with Gasteiger partial charge in [-0.3, -0.25) is 0 Å². The van der Waals surface area contributed by atoms with E-state index in [2.05, 4.69) is 9.97 Å². The lowest BCUT2D eigenvalue weighted by molar-refractivity contribution is 0.397. The van der Waals surface area contributed by atoms with Gasteiger partial charge in [-0.1, -0.05) is 11.6 Å². The average molecular weight is 279 g/mol. The second-order valence-electron chi connectivity index (χ2n) is 4.13. The third-order valence-corrected chi connectivity index (χ3v) is 3.07. The third-order valence-electron chi connectivity index (χ3n) is 2.71. The molecule has 0 aliphatic carbocycles. The number of nitrogens with zero attached hydrogens (tertiary/aromatic N) is 3. The number of nitrogen functional groups attached to an aromatic ring is 1. The van der Waals surface area contributed by atoms with Crippen molar-refractivity contribution < 1.29 is 4.74 Å². The molecule has 2 N–H and O–H groups in total. The number of benzene rings is 1. The first-order valence-electron chi connectivity index (χ1n) is 5.71. The van der Waals surface area contributed by atoms with E-state index in [1.165, 1.54) is 6.33 Å². The highest BCUT2D eigenvalue weighted by Gasteiger charge is 2.08. The van der Waals surface area contributed by atoms with Gasteiger partial charge in [0.15, 0.2) is 0 Å². The van der Waals surface area contributed by atoms with E-state index in [4.69, 9.17) is 22.1 Å². The fourth-order valence-corrected chi connectivity index (χ4v) is 1.88. The van der Waals surface area contributed by atoms with E-state index in [9.17, 15) is 0 Å². The second-order valence-corrected chi connectivity index (χ2v) is 4.53. The molecule has 2 rings (SSSR count). The van der Waals surface area contributed by atoms with Gasteiger partial charge in [0.05, 0.1) is 7.11 Å². The van der Waals surface area contributed by atoms with Crippen LogP contribution < -0.4 is 15.4 Å². The highest BCUT2D eigenvalue weighted by atomic mass is 35.5. The largest absolute Gasteiger partial charge is 0.481 e. The molecule has 0 saturated carbocycles. The molecule has 0 aliphatic rings. The number of rotatable bonds is 4. The highest BCUT2D eigenvalue weighted by molar-refractivity contribution is 6.31. The molecule has 0 bridgehead atoms. The smallest absolute Gasteiger partial charge is 0.218 e. The summed E-state index contributed by atoms with van der Waals surface area (Å²) in [7, 11) is 3.49. The van der Waals surface area contributed by atoms with Crippen molar-refractivity contribution in [3.05, 3.63) is 41.2 Å². The van der Waals surface area contributed by atoms with Crippen molar-refractivity contribution in [1.82, 2.24) is 9.97 Å². The van der Waals surface area contributed by atoms with Crippen LogP contribution in [0.15, 0.2) is 30.6 Å². The predicted octanol–water partition coefficient (Wildman–Crippen LogP) is 2.36. The van der Waals surface area contributed by atoms with Crippen molar-refractivity contribution in [2.24, 2.45) is 0 Å². The van der Waals surface area contributed by atoms with Crippen LogP contribution in [-0.4, -0.2) is 24.1 Å². The van der Waals surface area contributed by atoms with Crippen LogP contribution in [0.25, 0.3) is 0 Å². The van der Waals surface area contributed by atoms with Gasteiger partial charge in [0, 0.05) is 30.4 Å². The molecule has 100 valence electrons. The van der Waals surface area contributed by atoms with Crippen LogP contribution in [0, 0.1) is 0 Å². The first kappa shape index (κ1) is 13.4. The van der Waals surface area contributed by atoms with Crippen LogP contribution in [0.2, 0.25) is 5.02 Å². The Labute approximate surface area is 117 Å². The molecule has 19 heavy (non-hydrogen) atoms.